The van der Waals surface area contributed by atoms with Gasteiger partial charge in [0, 0.05) is 60.8 Å². The molecule has 0 amide bonds. The number of furan rings is 4. The second-order valence-electron chi connectivity index (χ2n) is 23.2. The molecule has 13 aromatic rings. The molecule has 0 radical (unpaired) electrons. The lowest BCUT2D eigenvalue weighted by Crippen LogP contribution is -2.12. The average Bonchev–Trinajstić information content (AvgIpc) is 4.44. The third-order valence-corrected chi connectivity index (χ3v) is 18.3. The molecule has 3 aliphatic carbocycles. The quantitative estimate of drug-likeness (QED) is 0.0614. The van der Waals surface area contributed by atoms with E-state index in [1.54, 1.807) is 0 Å². The van der Waals surface area contributed by atoms with Gasteiger partial charge in [-0.05, 0) is 115 Å². The maximum Gasteiger partial charge on any atom is 0.159 e. The molecule has 3 aliphatic rings. The van der Waals surface area contributed by atoms with Crippen molar-refractivity contribution in [1.82, 2.24) is 0 Å². The zero-order chi connectivity index (χ0) is 55.8. The zero-order valence-electron chi connectivity index (χ0n) is 47.6. The van der Waals surface area contributed by atoms with Gasteiger partial charge in [-0.2, -0.15) is 0 Å². The highest BCUT2D eigenvalue weighted by atomic mass is 16.3. The highest BCUT2D eigenvalue weighted by molar-refractivity contribution is 6.29. The van der Waals surface area contributed by atoms with E-state index in [-0.39, 0.29) is 0 Å². The molecule has 4 aromatic heterocycles. The van der Waals surface area contributed by atoms with Crippen molar-refractivity contribution in [2.75, 3.05) is 9.80 Å². The standard InChI is InChI=1S/C78H64N2O4/c1-3-4-5-6-7-8-9-12-26-53-49(2)81-75-57(53)31-20-35-66(75)79(67-36-21-32-58-55-27-13-10-15-39-70(55)82-76(58)67)64-47-43-51-42-46-63-65(48-44-52-41-45-62(64)72(51)73(52)63)80(68-37-22-33-59-56-28-14-11-16-40-71(56)83-77(59)68)69-38-23-34-61-60-30-19-29-54(50-24-17-18-25-50)74(60)84-78(61)69/h8-10,12-16,19-23,26-38,40-48,50H,3-7,11,17-18,24-25,39H2,1-2H3/b9-8+,26-12-. The number of hydrogen-bond acceptors (Lipinski definition) is 6. The van der Waals surface area contributed by atoms with E-state index in [0.29, 0.717) is 12.3 Å². The van der Waals surface area contributed by atoms with E-state index in [9.17, 15) is 0 Å². The highest BCUT2D eigenvalue weighted by Gasteiger charge is 2.31. The van der Waals surface area contributed by atoms with Crippen LogP contribution in [0, 0.1) is 6.92 Å². The van der Waals surface area contributed by atoms with Crippen LogP contribution in [0.2, 0.25) is 0 Å². The molecule has 6 heteroatoms. The molecule has 0 N–H and O–H groups in total. The van der Waals surface area contributed by atoms with Gasteiger partial charge in [0.25, 0.3) is 0 Å². The smallest absolute Gasteiger partial charge is 0.159 e. The Hall–Kier alpha value is -9.52. The van der Waals surface area contributed by atoms with Crippen molar-refractivity contribution >= 4 is 146 Å². The minimum Gasteiger partial charge on any atom is -0.459 e. The molecule has 0 unspecified atom stereocenters. The van der Waals surface area contributed by atoms with Gasteiger partial charge < -0.3 is 27.5 Å². The van der Waals surface area contributed by atoms with Crippen molar-refractivity contribution in [1.29, 1.82) is 0 Å². The normalized spacial score (nSPS) is 14.6. The summed E-state index contributed by atoms with van der Waals surface area (Å²) in [5, 5.41) is 12.4. The molecule has 0 atom stereocenters. The van der Waals surface area contributed by atoms with Crippen LogP contribution >= 0.6 is 0 Å². The number of rotatable bonds is 14. The Labute approximate surface area is 488 Å². The van der Waals surface area contributed by atoms with Gasteiger partial charge in [-0.1, -0.05) is 209 Å². The number of allylic oxidation sites excluding steroid dienone is 8. The number of unbranched alkanes of at least 4 members (excludes halogenated alkanes) is 4. The largest absolute Gasteiger partial charge is 0.459 e. The Bertz CT molecular complexity index is 4940. The highest BCUT2D eigenvalue weighted by Crippen LogP contribution is 2.53. The molecule has 0 bridgehead atoms. The van der Waals surface area contributed by atoms with E-state index in [2.05, 4.69) is 236 Å². The first-order valence-corrected chi connectivity index (χ1v) is 30.5. The van der Waals surface area contributed by atoms with Crippen LogP contribution in [0.3, 0.4) is 0 Å². The van der Waals surface area contributed by atoms with Crippen LogP contribution in [-0.2, 0) is 6.42 Å². The fourth-order valence-corrected chi connectivity index (χ4v) is 14.3. The maximum atomic E-state index is 7.33. The number of hydrogen-bond donors (Lipinski definition) is 0. The zero-order valence-corrected chi connectivity index (χ0v) is 47.6. The monoisotopic (exact) mass is 1090 g/mol. The Morgan fingerprint density at radius 1 is 0.476 bits per heavy atom. The molecule has 0 aliphatic heterocycles. The Balaban J connectivity index is 0.926. The lowest BCUT2D eigenvalue weighted by molar-refractivity contribution is 0.564. The van der Waals surface area contributed by atoms with E-state index < -0.39 is 0 Å². The molecule has 84 heavy (non-hydrogen) atoms. The van der Waals surface area contributed by atoms with Gasteiger partial charge in [-0.3, -0.25) is 0 Å². The van der Waals surface area contributed by atoms with Gasteiger partial charge in [-0.15, -0.1) is 0 Å². The second kappa shape index (κ2) is 20.7. The predicted octanol–water partition coefficient (Wildman–Crippen LogP) is 23.7. The van der Waals surface area contributed by atoms with E-state index in [4.69, 9.17) is 17.7 Å². The summed E-state index contributed by atoms with van der Waals surface area (Å²) < 4.78 is 28.4. The number of fused-ring (bicyclic) bond motifs is 10. The van der Waals surface area contributed by atoms with Crippen LogP contribution < -0.4 is 9.80 Å². The van der Waals surface area contributed by atoms with Gasteiger partial charge in [-0.25, -0.2) is 0 Å². The molecule has 1 saturated carbocycles. The van der Waals surface area contributed by atoms with Crippen molar-refractivity contribution in [2.45, 2.75) is 90.4 Å². The molecule has 1 fully saturated rings. The van der Waals surface area contributed by atoms with Crippen molar-refractivity contribution in [2.24, 2.45) is 0 Å². The van der Waals surface area contributed by atoms with Crippen molar-refractivity contribution < 1.29 is 17.7 Å². The van der Waals surface area contributed by atoms with Crippen LogP contribution in [0.25, 0.3) is 111 Å². The van der Waals surface area contributed by atoms with Crippen molar-refractivity contribution in [3.05, 3.63) is 228 Å². The second-order valence-corrected chi connectivity index (χ2v) is 23.2. The summed E-state index contributed by atoms with van der Waals surface area (Å²) in [6.45, 7) is 4.35. The number of para-hydroxylation sites is 5. The van der Waals surface area contributed by atoms with Crippen LogP contribution in [0.4, 0.5) is 34.1 Å². The predicted molar refractivity (Wildman–Crippen MR) is 354 cm³/mol. The third-order valence-electron chi connectivity index (χ3n) is 18.3. The molecule has 9 aromatic carbocycles. The molecule has 410 valence electrons. The molecule has 0 saturated heterocycles. The summed E-state index contributed by atoms with van der Waals surface area (Å²) in [7, 11) is 0. The number of benzene rings is 9. The number of aryl methyl sites for hydroxylation is 1. The van der Waals surface area contributed by atoms with Crippen molar-refractivity contribution in [3.8, 4) is 0 Å². The molecule has 6 nitrogen and oxygen atoms in total. The summed E-state index contributed by atoms with van der Waals surface area (Å²) in [6.07, 6.45) is 38.7. The van der Waals surface area contributed by atoms with Gasteiger partial charge in [0.2, 0.25) is 0 Å². The lowest BCUT2D eigenvalue weighted by atomic mass is 9.91. The molecule has 4 heterocycles. The van der Waals surface area contributed by atoms with E-state index in [0.717, 1.165) is 157 Å². The summed E-state index contributed by atoms with van der Waals surface area (Å²) in [6, 6.07) is 51.6. The van der Waals surface area contributed by atoms with Gasteiger partial charge in [0.1, 0.15) is 22.9 Å². The summed E-state index contributed by atoms with van der Waals surface area (Å²) in [5.74, 6) is 3.18. The first-order chi connectivity index (χ1) is 41.6. The van der Waals surface area contributed by atoms with E-state index in [1.807, 2.05) is 0 Å². The summed E-state index contributed by atoms with van der Waals surface area (Å²) in [4.78, 5) is 4.81. The fraction of sp³-hybridized carbons (Fsp3) is 0.179. The minimum absolute atomic E-state index is 0.491. The Kier molecular flexibility index (Phi) is 12.4. The van der Waals surface area contributed by atoms with Crippen LogP contribution in [0.15, 0.2) is 206 Å². The minimum atomic E-state index is 0.491. The van der Waals surface area contributed by atoms with E-state index >= 15 is 0 Å². The summed E-state index contributed by atoms with van der Waals surface area (Å²) >= 11 is 0. The Morgan fingerprint density at radius 3 is 1.77 bits per heavy atom. The van der Waals surface area contributed by atoms with E-state index in [1.165, 1.54) is 67.7 Å². The fourth-order valence-electron chi connectivity index (χ4n) is 14.3. The summed E-state index contributed by atoms with van der Waals surface area (Å²) in [5.41, 5.74) is 14.8. The lowest BCUT2D eigenvalue weighted by Gasteiger charge is -2.29. The van der Waals surface area contributed by atoms with Gasteiger partial charge in [0.05, 0.1) is 34.1 Å². The Morgan fingerprint density at radius 2 is 1.07 bits per heavy atom. The van der Waals surface area contributed by atoms with Crippen molar-refractivity contribution in [3.63, 3.8) is 0 Å². The number of anilines is 6. The molecular weight excluding hydrogens is 1030 g/mol. The van der Waals surface area contributed by atoms with Crippen LogP contribution in [0.5, 0.6) is 0 Å². The van der Waals surface area contributed by atoms with Crippen LogP contribution in [0.1, 0.15) is 117 Å². The number of nitrogens with zero attached hydrogens (tertiary/aromatic N) is 2. The molecular formula is C78H64N2O4. The molecule has 16 rings (SSSR count). The topological polar surface area (TPSA) is 59.0 Å². The van der Waals surface area contributed by atoms with Crippen LogP contribution in [-0.4, -0.2) is 0 Å². The average molecular weight is 1090 g/mol. The third kappa shape index (κ3) is 8.13. The maximum absolute atomic E-state index is 7.33. The molecule has 0 spiro atoms. The first-order valence-electron chi connectivity index (χ1n) is 30.5. The van der Waals surface area contributed by atoms with Gasteiger partial charge >= 0.3 is 0 Å². The van der Waals surface area contributed by atoms with Gasteiger partial charge in [0.15, 0.2) is 22.3 Å². The SMILES string of the molecule is CCCCCC/C=C/C=C\c1c(C)oc2c(N(c3ccc4ccc5c(N(c6cccc7c8c(oc67)C=CCC=C8)c6cccc7c6oc6c(C8CCCC8)cccc67)ccc6ccc3c4c65)c3cccc4c5c(oc34)CC=CC=C5)cccc12. The first kappa shape index (κ1) is 50.2.